The molecule has 1 aliphatic carbocycles. The van der Waals surface area contributed by atoms with Crippen LogP contribution in [0.1, 0.15) is 25.0 Å². The van der Waals surface area contributed by atoms with Crippen LogP contribution in [0.15, 0.2) is 191 Å². The third kappa shape index (κ3) is 4.57. The maximum Gasteiger partial charge on any atom is 0.136 e. The highest BCUT2D eigenvalue weighted by atomic mass is 16.3. The fraction of sp³-hybridized carbons (Fsp3) is 0.0526. The summed E-state index contributed by atoms with van der Waals surface area (Å²) in [6.45, 7) is 4.76. The van der Waals surface area contributed by atoms with Crippen LogP contribution in [0.3, 0.4) is 0 Å². The number of hydrogen-bond donors (Lipinski definition) is 0. The topological polar surface area (TPSA) is 26.3 Å². The molecule has 0 atom stereocenters. The molecule has 13 rings (SSSR count). The van der Waals surface area contributed by atoms with Gasteiger partial charge in [0.1, 0.15) is 22.3 Å². The molecule has 2 aromatic heterocycles. The Morgan fingerprint density at radius 2 is 0.864 bits per heavy atom. The maximum atomic E-state index is 6.60. The van der Waals surface area contributed by atoms with Crippen LogP contribution in [0, 0.1) is 0 Å². The van der Waals surface area contributed by atoms with Crippen molar-refractivity contribution in [3.63, 3.8) is 0 Å². The van der Waals surface area contributed by atoms with Crippen LogP contribution in [0.5, 0.6) is 0 Å². The molecule has 0 radical (unpaired) electrons. The van der Waals surface area contributed by atoms with E-state index in [0.29, 0.717) is 0 Å². The zero-order chi connectivity index (χ0) is 39.0. The summed E-state index contributed by atoms with van der Waals surface area (Å²) in [7, 11) is 0. The zero-order valence-electron chi connectivity index (χ0n) is 32.6. The van der Waals surface area contributed by atoms with Gasteiger partial charge in [-0.15, -0.1) is 0 Å². The minimum absolute atomic E-state index is 0.198. The first-order valence-electron chi connectivity index (χ1n) is 20.5. The molecule has 0 spiro atoms. The molecular formula is C57H36O2. The maximum absolute atomic E-state index is 6.60. The average molecular weight is 753 g/mol. The van der Waals surface area contributed by atoms with Gasteiger partial charge in [0.05, 0.1) is 0 Å². The summed E-state index contributed by atoms with van der Waals surface area (Å²) in [5.74, 6) is 0. The smallest absolute Gasteiger partial charge is 0.136 e. The van der Waals surface area contributed by atoms with Gasteiger partial charge in [-0.3, -0.25) is 0 Å². The van der Waals surface area contributed by atoms with Crippen molar-refractivity contribution in [3.8, 4) is 44.5 Å². The van der Waals surface area contributed by atoms with Gasteiger partial charge in [-0.2, -0.15) is 0 Å². The number of rotatable bonds is 3. The second-order valence-electron chi connectivity index (χ2n) is 16.8. The molecule has 0 bridgehead atoms. The SMILES string of the molecule is CC1(C)c2cc(-c3ccc4c(c3)oc3ccc5cc6c(cc5c34)oc3ccccc36)ccc2-c2ccc(-c3c4ccccc4c(-c4ccccc4)c4ccccc34)cc21. The standard InChI is InChI=1S/C57H36O2/c1-57(2)48-29-34(35-21-26-45-52(31-35)59-51-27-23-36-28-47-40-14-10-11-19-50(40)58-53(47)32-46(36)56(45)51)20-24-38(48)39-25-22-37(30-49(39)57)55-43-17-8-6-15-41(43)54(33-12-4-3-5-13-33)42-16-7-9-18-44(42)55/h3-32H,1-2H3. The van der Waals surface area contributed by atoms with Gasteiger partial charge in [0.15, 0.2) is 0 Å². The second-order valence-corrected chi connectivity index (χ2v) is 16.8. The Labute approximate surface area is 340 Å². The van der Waals surface area contributed by atoms with Crippen molar-refractivity contribution in [2.75, 3.05) is 0 Å². The highest BCUT2D eigenvalue weighted by molar-refractivity contribution is 6.23. The molecule has 0 N–H and O–H groups in total. The van der Waals surface area contributed by atoms with Crippen molar-refractivity contribution in [2.45, 2.75) is 19.3 Å². The lowest BCUT2D eigenvalue weighted by Crippen LogP contribution is -2.15. The van der Waals surface area contributed by atoms with E-state index in [-0.39, 0.29) is 5.41 Å². The first-order chi connectivity index (χ1) is 29.0. The summed E-state index contributed by atoms with van der Waals surface area (Å²) in [6.07, 6.45) is 0. The van der Waals surface area contributed by atoms with E-state index < -0.39 is 0 Å². The van der Waals surface area contributed by atoms with Crippen molar-refractivity contribution >= 4 is 76.2 Å². The fourth-order valence-electron chi connectivity index (χ4n) is 10.4. The van der Waals surface area contributed by atoms with E-state index in [2.05, 4.69) is 184 Å². The van der Waals surface area contributed by atoms with Crippen LogP contribution in [-0.2, 0) is 5.41 Å². The minimum Gasteiger partial charge on any atom is -0.456 e. The molecule has 276 valence electrons. The van der Waals surface area contributed by atoms with Crippen LogP contribution >= 0.6 is 0 Å². The highest BCUT2D eigenvalue weighted by Crippen LogP contribution is 2.52. The third-order valence-corrected chi connectivity index (χ3v) is 13.2. The van der Waals surface area contributed by atoms with Gasteiger partial charge in [-0.25, -0.2) is 0 Å². The Balaban J connectivity index is 0.919. The molecule has 2 heterocycles. The van der Waals surface area contributed by atoms with Crippen molar-refractivity contribution in [2.24, 2.45) is 0 Å². The van der Waals surface area contributed by atoms with Crippen LogP contribution in [-0.4, -0.2) is 0 Å². The van der Waals surface area contributed by atoms with Gasteiger partial charge in [0.25, 0.3) is 0 Å². The Bertz CT molecular complexity index is 3690. The summed E-state index contributed by atoms with van der Waals surface area (Å²) < 4.78 is 12.9. The number of para-hydroxylation sites is 1. The molecule has 0 fully saturated rings. The van der Waals surface area contributed by atoms with Crippen LogP contribution in [0.25, 0.3) is 121 Å². The number of furan rings is 2. The lowest BCUT2D eigenvalue weighted by Gasteiger charge is -2.23. The Morgan fingerprint density at radius 1 is 0.322 bits per heavy atom. The average Bonchev–Trinajstić information content (AvgIpc) is 3.91. The van der Waals surface area contributed by atoms with Crippen molar-refractivity contribution in [1.29, 1.82) is 0 Å². The van der Waals surface area contributed by atoms with Crippen molar-refractivity contribution in [3.05, 3.63) is 193 Å². The lowest BCUT2D eigenvalue weighted by atomic mass is 9.80. The van der Waals surface area contributed by atoms with Crippen LogP contribution in [0.2, 0.25) is 0 Å². The highest BCUT2D eigenvalue weighted by Gasteiger charge is 2.36. The van der Waals surface area contributed by atoms with Crippen molar-refractivity contribution in [1.82, 2.24) is 0 Å². The van der Waals surface area contributed by atoms with E-state index in [4.69, 9.17) is 8.83 Å². The van der Waals surface area contributed by atoms with Gasteiger partial charge in [0, 0.05) is 27.0 Å². The van der Waals surface area contributed by atoms with E-state index in [1.54, 1.807) is 0 Å². The molecular weight excluding hydrogens is 717 g/mol. The molecule has 0 aliphatic heterocycles. The predicted octanol–water partition coefficient (Wildman–Crippen LogP) is 16.3. The second kappa shape index (κ2) is 11.8. The molecule has 0 amide bonds. The summed E-state index contributed by atoms with van der Waals surface area (Å²) in [6, 6.07) is 66.5. The predicted molar refractivity (Wildman–Crippen MR) is 247 cm³/mol. The van der Waals surface area contributed by atoms with Gasteiger partial charge < -0.3 is 8.83 Å². The first kappa shape index (κ1) is 32.6. The summed E-state index contributed by atoms with van der Waals surface area (Å²) in [5.41, 5.74) is 16.1. The van der Waals surface area contributed by atoms with Gasteiger partial charge >= 0.3 is 0 Å². The molecule has 2 nitrogen and oxygen atoms in total. The summed E-state index contributed by atoms with van der Waals surface area (Å²) in [4.78, 5) is 0. The molecule has 0 saturated heterocycles. The molecule has 1 aliphatic rings. The lowest BCUT2D eigenvalue weighted by molar-refractivity contribution is 0.661. The largest absolute Gasteiger partial charge is 0.456 e. The minimum atomic E-state index is -0.198. The van der Waals surface area contributed by atoms with E-state index in [1.807, 2.05) is 12.1 Å². The quantitative estimate of drug-likeness (QED) is 0.168. The normalized spacial score (nSPS) is 13.4. The number of hydrogen-bond acceptors (Lipinski definition) is 2. The zero-order valence-corrected chi connectivity index (χ0v) is 32.6. The molecule has 59 heavy (non-hydrogen) atoms. The van der Waals surface area contributed by atoms with E-state index in [1.165, 1.54) is 77.0 Å². The number of fused-ring (bicyclic) bond motifs is 13. The van der Waals surface area contributed by atoms with Gasteiger partial charge in [-0.1, -0.05) is 147 Å². The van der Waals surface area contributed by atoms with Gasteiger partial charge in [0.2, 0.25) is 0 Å². The first-order valence-corrected chi connectivity index (χ1v) is 20.5. The van der Waals surface area contributed by atoms with E-state index in [9.17, 15) is 0 Å². The Hall–Kier alpha value is -7.42. The Morgan fingerprint density at radius 3 is 1.58 bits per heavy atom. The molecule has 2 heteroatoms. The fourth-order valence-corrected chi connectivity index (χ4v) is 10.4. The monoisotopic (exact) mass is 752 g/mol. The number of benzene rings is 10. The molecule has 10 aromatic carbocycles. The van der Waals surface area contributed by atoms with Crippen LogP contribution < -0.4 is 0 Å². The van der Waals surface area contributed by atoms with E-state index >= 15 is 0 Å². The molecule has 12 aromatic rings. The van der Waals surface area contributed by atoms with Crippen molar-refractivity contribution < 1.29 is 8.83 Å². The van der Waals surface area contributed by atoms with Crippen LogP contribution in [0.4, 0.5) is 0 Å². The molecule has 0 unspecified atom stereocenters. The Kier molecular flexibility index (Phi) is 6.54. The van der Waals surface area contributed by atoms with Gasteiger partial charge in [-0.05, 0) is 136 Å². The summed E-state index contributed by atoms with van der Waals surface area (Å²) >= 11 is 0. The molecule has 0 saturated carbocycles. The summed E-state index contributed by atoms with van der Waals surface area (Å²) in [5, 5.41) is 11.9. The van der Waals surface area contributed by atoms with E-state index in [0.717, 1.165) is 54.8 Å². The third-order valence-electron chi connectivity index (χ3n) is 13.2.